The number of methoxy groups -OCH3 is 1. The summed E-state index contributed by atoms with van der Waals surface area (Å²) in [4.78, 5) is 16.5. The summed E-state index contributed by atoms with van der Waals surface area (Å²) >= 11 is 0. The number of rotatable bonds is 6. The van der Waals surface area contributed by atoms with Crippen LogP contribution in [0, 0.1) is 5.82 Å². The van der Waals surface area contributed by atoms with Crippen molar-refractivity contribution in [1.82, 2.24) is 15.5 Å². The number of nitrogens with zero attached hydrogens (tertiary/aromatic N) is 2. The van der Waals surface area contributed by atoms with E-state index in [-0.39, 0.29) is 18.1 Å². The van der Waals surface area contributed by atoms with Gasteiger partial charge in [0.05, 0.1) is 6.04 Å². The van der Waals surface area contributed by atoms with Crippen LogP contribution in [0.25, 0.3) is 0 Å². The zero-order valence-electron chi connectivity index (χ0n) is 13.5. The Labute approximate surface area is 143 Å². The molecule has 2 aromatic heterocycles. The molecule has 0 fully saturated rings. The Balaban J connectivity index is 1.86. The summed E-state index contributed by atoms with van der Waals surface area (Å²) in [7, 11) is 1.52. The van der Waals surface area contributed by atoms with Crippen LogP contribution in [0.3, 0.4) is 0 Å². The summed E-state index contributed by atoms with van der Waals surface area (Å²) < 4.78 is 23.2. The maximum atomic E-state index is 13.2. The van der Waals surface area contributed by atoms with Gasteiger partial charge in [-0.15, -0.1) is 0 Å². The molecule has 0 bridgehead atoms. The molecule has 1 aromatic carbocycles. The third-order valence-electron chi connectivity index (χ3n) is 3.60. The van der Waals surface area contributed by atoms with Gasteiger partial charge in [0.2, 0.25) is 0 Å². The van der Waals surface area contributed by atoms with E-state index in [9.17, 15) is 9.18 Å². The first-order valence-corrected chi connectivity index (χ1v) is 7.58. The SMILES string of the molecule is COCc1cc(C(=O)NC(c2ccncc2)c2ccc(F)cc2)no1. The highest BCUT2D eigenvalue weighted by Crippen LogP contribution is 2.22. The molecular formula is C18H16FN3O3. The molecule has 7 heteroatoms. The van der Waals surface area contributed by atoms with Gasteiger partial charge in [0.25, 0.3) is 5.91 Å². The Kier molecular flexibility index (Phi) is 5.15. The lowest BCUT2D eigenvalue weighted by Gasteiger charge is -2.19. The van der Waals surface area contributed by atoms with Gasteiger partial charge in [-0.3, -0.25) is 9.78 Å². The summed E-state index contributed by atoms with van der Waals surface area (Å²) in [5.74, 6) is -0.295. The van der Waals surface area contributed by atoms with E-state index >= 15 is 0 Å². The van der Waals surface area contributed by atoms with Crippen LogP contribution in [0.5, 0.6) is 0 Å². The molecule has 0 saturated carbocycles. The van der Waals surface area contributed by atoms with Crippen molar-refractivity contribution in [1.29, 1.82) is 0 Å². The number of pyridine rings is 1. The first-order valence-electron chi connectivity index (χ1n) is 7.58. The quantitative estimate of drug-likeness (QED) is 0.746. The minimum atomic E-state index is -0.473. The summed E-state index contributed by atoms with van der Waals surface area (Å²) in [5.41, 5.74) is 1.70. The zero-order chi connectivity index (χ0) is 17.6. The van der Waals surface area contributed by atoms with Gasteiger partial charge >= 0.3 is 0 Å². The van der Waals surface area contributed by atoms with Gasteiger partial charge in [-0.2, -0.15) is 0 Å². The average Bonchev–Trinajstić information content (AvgIpc) is 3.10. The lowest BCUT2D eigenvalue weighted by molar-refractivity contribution is 0.0933. The fourth-order valence-electron chi connectivity index (χ4n) is 2.41. The molecule has 0 saturated heterocycles. The normalized spacial score (nSPS) is 11.9. The second-order valence-corrected chi connectivity index (χ2v) is 5.35. The number of hydrogen-bond donors (Lipinski definition) is 1. The Morgan fingerprint density at radius 2 is 1.88 bits per heavy atom. The lowest BCUT2D eigenvalue weighted by atomic mass is 9.99. The molecule has 0 aliphatic rings. The van der Waals surface area contributed by atoms with Crippen LogP contribution in [0.1, 0.15) is 33.4 Å². The minimum Gasteiger partial charge on any atom is -0.377 e. The number of amides is 1. The predicted octanol–water partition coefficient (Wildman–Crippen LogP) is 2.87. The van der Waals surface area contributed by atoms with Crippen LogP contribution in [-0.4, -0.2) is 23.2 Å². The molecule has 2 heterocycles. The molecule has 3 rings (SSSR count). The maximum absolute atomic E-state index is 13.2. The second kappa shape index (κ2) is 7.67. The zero-order valence-corrected chi connectivity index (χ0v) is 13.5. The number of benzene rings is 1. The van der Waals surface area contributed by atoms with Gasteiger partial charge in [0.15, 0.2) is 11.5 Å². The molecule has 0 radical (unpaired) electrons. The van der Waals surface area contributed by atoms with Crippen LogP contribution < -0.4 is 5.32 Å². The summed E-state index contributed by atoms with van der Waals surface area (Å²) in [5, 5.41) is 6.64. The maximum Gasteiger partial charge on any atom is 0.274 e. The Bertz CT molecular complexity index is 834. The molecule has 1 N–H and O–H groups in total. The monoisotopic (exact) mass is 341 g/mol. The highest BCUT2D eigenvalue weighted by atomic mass is 19.1. The van der Waals surface area contributed by atoms with Crippen molar-refractivity contribution < 1.29 is 18.4 Å². The van der Waals surface area contributed by atoms with Crippen molar-refractivity contribution in [2.45, 2.75) is 12.6 Å². The molecule has 1 atom stereocenters. The average molecular weight is 341 g/mol. The fourth-order valence-corrected chi connectivity index (χ4v) is 2.41. The number of hydrogen-bond acceptors (Lipinski definition) is 5. The van der Waals surface area contributed by atoms with Gasteiger partial charge < -0.3 is 14.6 Å². The summed E-state index contributed by atoms with van der Waals surface area (Å²) in [6, 6.07) is 10.6. The number of nitrogens with one attached hydrogen (secondary N) is 1. The highest BCUT2D eigenvalue weighted by Gasteiger charge is 2.20. The molecule has 128 valence electrons. The van der Waals surface area contributed by atoms with Gasteiger partial charge in [-0.1, -0.05) is 17.3 Å². The topological polar surface area (TPSA) is 77.2 Å². The minimum absolute atomic E-state index is 0.146. The number of ether oxygens (including phenoxy) is 1. The van der Waals surface area contributed by atoms with Gasteiger partial charge in [-0.25, -0.2) is 4.39 Å². The van der Waals surface area contributed by atoms with Crippen LogP contribution in [0.15, 0.2) is 59.4 Å². The first-order chi connectivity index (χ1) is 12.2. The molecule has 6 nitrogen and oxygen atoms in total. The van der Waals surface area contributed by atoms with E-state index in [1.54, 1.807) is 36.7 Å². The molecule has 0 aliphatic carbocycles. The van der Waals surface area contributed by atoms with E-state index in [0.29, 0.717) is 5.76 Å². The molecule has 1 amide bonds. The van der Waals surface area contributed by atoms with Crippen molar-refractivity contribution >= 4 is 5.91 Å². The fraction of sp³-hybridized carbons (Fsp3) is 0.167. The van der Waals surface area contributed by atoms with Gasteiger partial charge in [0.1, 0.15) is 12.4 Å². The van der Waals surface area contributed by atoms with Gasteiger partial charge in [-0.05, 0) is 35.4 Å². The van der Waals surface area contributed by atoms with E-state index in [2.05, 4.69) is 15.5 Å². The molecule has 25 heavy (non-hydrogen) atoms. The van der Waals surface area contributed by atoms with Gasteiger partial charge in [0, 0.05) is 25.6 Å². The van der Waals surface area contributed by atoms with Crippen molar-refractivity contribution in [3.63, 3.8) is 0 Å². The molecule has 1 unspecified atom stereocenters. The van der Waals surface area contributed by atoms with Crippen LogP contribution in [0.4, 0.5) is 4.39 Å². The van der Waals surface area contributed by atoms with Crippen molar-refractivity contribution in [3.8, 4) is 0 Å². The van der Waals surface area contributed by atoms with E-state index < -0.39 is 11.9 Å². The summed E-state index contributed by atoms with van der Waals surface area (Å²) in [6.07, 6.45) is 3.26. The van der Waals surface area contributed by atoms with Crippen molar-refractivity contribution in [3.05, 3.63) is 83.3 Å². The molecule has 0 aliphatic heterocycles. The molecule has 3 aromatic rings. The number of aromatic nitrogens is 2. The second-order valence-electron chi connectivity index (χ2n) is 5.35. The smallest absolute Gasteiger partial charge is 0.274 e. The third kappa shape index (κ3) is 4.07. The first kappa shape index (κ1) is 16.8. The van der Waals surface area contributed by atoms with E-state index in [0.717, 1.165) is 11.1 Å². The Morgan fingerprint density at radius 1 is 1.20 bits per heavy atom. The number of carbonyl (C=O) groups excluding carboxylic acids is 1. The Hall–Kier alpha value is -3.06. The van der Waals surface area contributed by atoms with E-state index in [1.165, 1.54) is 25.3 Å². The summed E-state index contributed by atoms with van der Waals surface area (Å²) in [6.45, 7) is 0.228. The standard InChI is InChI=1S/C18H16FN3O3/c1-24-11-15-10-16(22-25-15)18(23)21-17(13-6-8-20-9-7-13)12-2-4-14(19)5-3-12/h2-10,17H,11H2,1H3,(H,21,23). The van der Waals surface area contributed by atoms with Crippen molar-refractivity contribution in [2.75, 3.05) is 7.11 Å². The Morgan fingerprint density at radius 3 is 2.56 bits per heavy atom. The highest BCUT2D eigenvalue weighted by molar-refractivity contribution is 5.92. The van der Waals surface area contributed by atoms with Crippen molar-refractivity contribution in [2.24, 2.45) is 0 Å². The number of carbonyl (C=O) groups is 1. The third-order valence-corrected chi connectivity index (χ3v) is 3.60. The van der Waals surface area contributed by atoms with E-state index in [4.69, 9.17) is 9.26 Å². The lowest BCUT2D eigenvalue weighted by Crippen LogP contribution is -2.29. The van der Waals surface area contributed by atoms with Crippen LogP contribution in [0.2, 0.25) is 0 Å². The number of halogens is 1. The van der Waals surface area contributed by atoms with Crippen LogP contribution >= 0.6 is 0 Å². The van der Waals surface area contributed by atoms with Crippen LogP contribution in [-0.2, 0) is 11.3 Å². The van der Waals surface area contributed by atoms with E-state index in [1.807, 2.05) is 0 Å². The molecule has 0 spiro atoms. The predicted molar refractivity (Wildman–Crippen MR) is 87.2 cm³/mol. The largest absolute Gasteiger partial charge is 0.377 e. The molecular weight excluding hydrogens is 325 g/mol.